The molecule has 2 heterocycles. The number of carbonyl (C=O) groups excluding carboxylic acids is 4. The van der Waals surface area contributed by atoms with Crippen LogP contribution in [0.2, 0.25) is 0 Å². The van der Waals surface area contributed by atoms with E-state index >= 15 is 0 Å². The first kappa shape index (κ1) is 28.1. The molecule has 2 aliphatic heterocycles. The Morgan fingerprint density at radius 1 is 0.841 bits per heavy atom. The molecule has 8 nitrogen and oxygen atoms in total. The van der Waals surface area contributed by atoms with E-state index in [0.29, 0.717) is 23.4 Å². The number of aromatic hydroxyl groups is 1. The molecule has 224 valence electrons. The molecule has 4 aliphatic rings. The molecular weight excluding hydrogens is 556 g/mol. The van der Waals surface area contributed by atoms with Crippen molar-refractivity contribution in [3.63, 3.8) is 0 Å². The normalized spacial score (nSPS) is 29.3. The molecule has 1 saturated carbocycles. The zero-order valence-electron chi connectivity index (χ0n) is 24.9. The third-order valence-electron chi connectivity index (χ3n) is 10.5. The number of fused-ring (bicyclic) bond motifs is 4. The van der Waals surface area contributed by atoms with Gasteiger partial charge in [-0.3, -0.25) is 24.1 Å². The Labute approximate surface area is 255 Å². The molecule has 7 rings (SSSR count). The molecule has 8 heteroatoms. The van der Waals surface area contributed by atoms with Crippen LogP contribution in [0.5, 0.6) is 11.5 Å². The van der Waals surface area contributed by atoms with Crippen molar-refractivity contribution in [2.24, 2.45) is 29.1 Å². The smallest absolute Gasteiger partial charge is 0.241 e. The molecule has 6 unspecified atom stereocenters. The molecule has 6 atom stereocenters. The highest BCUT2D eigenvalue weighted by Crippen LogP contribution is 2.64. The highest BCUT2D eigenvalue weighted by Gasteiger charge is 2.68. The zero-order valence-corrected chi connectivity index (χ0v) is 24.9. The van der Waals surface area contributed by atoms with Crippen LogP contribution in [0.1, 0.15) is 43.7 Å². The van der Waals surface area contributed by atoms with Crippen LogP contribution >= 0.6 is 0 Å². The van der Waals surface area contributed by atoms with Gasteiger partial charge in [-0.25, -0.2) is 4.90 Å². The maximum absolute atomic E-state index is 14.5. The number of hydrogen-bond donors (Lipinski definition) is 1. The second-order valence-electron chi connectivity index (χ2n) is 12.4. The molecule has 3 aromatic carbocycles. The highest BCUT2D eigenvalue weighted by molar-refractivity contribution is 6.25. The Balaban J connectivity index is 1.37. The maximum Gasteiger partial charge on any atom is 0.241 e. The summed E-state index contributed by atoms with van der Waals surface area (Å²) >= 11 is 0. The standard InChI is InChI=1S/C36H34N2O6/c1-4-20-13-15-22(16-14-20)37-32(40)24-18-17-23-26(29(24)34(37)42)19-27-33(41)38(21-9-6-5-7-10-21)35(43)36(27,2)30(23)25-11-8-12-28(44-3)31(25)39/h5-17,24,26-27,29-30,39H,4,18-19H2,1-3H3. The van der Waals surface area contributed by atoms with Gasteiger partial charge in [0.15, 0.2) is 11.5 Å². The summed E-state index contributed by atoms with van der Waals surface area (Å²) in [6.45, 7) is 3.85. The van der Waals surface area contributed by atoms with Gasteiger partial charge in [0.2, 0.25) is 23.6 Å². The largest absolute Gasteiger partial charge is 0.504 e. The van der Waals surface area contributed by atoms with E-state index in [1.807, 2.05) is 43.3 Å². The second kappa shape index (κ2) is 10.2. The number of ether oxygens (including phenoxy) is 1. The number of methoxy groups -OCH3 is 1. The van der Waals surface area contributed by atoms with Crippen molar-refractivity contribution in [1.82, 2.24) is 0 Å². The molecule has 0 spiro atoms. The van der Waals surface area contributed by atoms with Crippen LogP contribution in [0, 0.1) is 29.1 Å². The highest BCUT2D eigenvalue weighted by atomic mass is 16.5. The summed E-state index contributed by atoms with van der Waals surface area (Å²) in [5.74, 6) is -4.25. The van der Waals surface area contributed by atoms with E-state index in [1.165, 1.54) is 16.9 Å². The quantitative estimate of drug-likeness (QED) is 0.315. The fourth-order valence-corrected chi connectivity index (χ4v) is 8.25. The van der Waals surface area contributed by atoms with E-state index in [-0.39, 0.29) is 41.5 Å². The molecule has 0 radical (unpaired) electrons. The minimum Gasteiger partial charge on any atom is -0.504 e. The number of hydrogen-bond acceptors (Lipinski definition) is 6. The number of allylic oxidation sites excluding steroid dienone is 2. The number of nitrogens with zero attached hydrogens (tertiary/aromatic N) is 2. The lowest BCUT2D eigenvalue weighted by Gasteiger charge is -2.49. The second-order valence-corrected chi connectivity index (χ2v) is 12.4. The fourth-order valence-electron chi connectivity index (χ4n) is 8.25. The average Bonchev–Trinajstić information content (AvgIpc) is 3.41. The van der Waals surface area contributed by atoms with Gasteiger partial charge in [-0.2, -0.15) is 0 Å². The number of carbonyl (C=O) groups is 4. The first-order valence-corrected chi connectivity index (χ1v) is 15.2. The topological polar surface area (TPSA) is 104 Å². The number of aryl methyl sites for hydroxylation is 1. The predicted molar refractivity (Wildman–Crippen MR) is 164 cm³/mol. The zero-order chi connectivity index (χ0) is 30.9. The van der Waals surface area contributed by atoms with Crippen molar-refractivity contribution in [2.75, 3.05) is 16.9 Å². The van der Waals surface area contributed by atoms with Crippen molar-refractivity contribution in [2.45, 2.75) is 39.0 Å². The molecule has 0 bridgehead atoms. The third-order valence-corrected chi connectivity index (χ3v) is 10.5. The van der Waals surface area contributed by atoms with Gasteiger partial charge in [-0.15, -0.1) is 0 Å². The van der Waals surface area contributed by atoms with Gasteiger partial charge in [0, 0.05) is 11.5 Å². The summed E-state index contributed by atoms with van der Waals surface area (Å²) in [5, 5.41) is 11.4. The van der Waals surface area contributed by atoms with E-state index in [4.69, 9.17) is 4.74 Å². The molecule has 4 amide bonds. The Morgan fingerprint density at radius 2 is 1.55 bits per heavy atom. The third kappa shape index (κ3) is 3.76. The molecule has 3 aromatic rings. The summed E-state index contributed by atoms with van der Waals surface area (Å²) in [7, 11) is 1.46. The van der Waals surface area contributed by atoms with Crippen LogP contribution in [-0.4, -0.2) is 35.8 Å². The van der Waals surface area contributed by atoms with Gasteiger partial charge in [-0.1, -0.05) is 61.0 Å². The number of benzene rings is 3. The van der Waals surface area contributed by atoms with E-state index in [0.717, 1.165) is 17.6 Å². The van der Waals surface area contributed by atoms with Crippen LogP contribution < -0.4 is 14.5 Å². The van der Waals surface area contributed by atoms with Gasteiger partial charge in [0.25, 0.3) is 0 Å². The predicted octanol–water partition coefficient (Wildman–Crippen LogP) is 5.40. The van der Waals surface area contributed by atoms with Crippen molar-refractivity contribution in [3.8, 4) is 11.5 Å². The molecular formula is C36H34N2O6. The first-order valence-electron chi connectivity index (χ1n) is 15.2. The van der Waals surface area contributed by atoms with E-state index in [2.05, 4.69) is 0 Å². The Kier molecular flexibility index (Phi) is 6.50. The lowest BCUT2D eigenvalue weighted by Crippen LogP contribution is -2.48. The van der Waals surface area contributed by atoms with E-state index in [1.54, 1.807) is 49.4 Å². The number of anilines is 2. The molecule has 2 aliphatic carbocycles. The lowest BCUT2D eigenvalue weighted by molar-refractivity contribution is -0.131. The monoisotopic (exact) mass is 590 g/mol. The van der Waals surface area contributed by atoms with Crippen molar-refractivity contribution in [3.05, 3.63) is 95.6 Å². The van der Waals surface area contributed by atoms with Crippen molar-refractivity contribution in [1.29, 1.82) is 0 Å². The van der Waals surface area contributed by atoms with Gasteiger partial charge in [-0.05, 0) is 68.0 Å². The molecule has 44 heavy (non-hydrogen) atoms. The van der Waals surface area contributed by atoms with Crippen LogP contribution in [0.3, 0.4) is 0 Å². The van der Waals surface area contributed by atoms with Crippen molar-refractivity contribution >= 4 is 35.0 Å². The number of amides is 4. The summed E-state index contributed by atoms with van der Waals surface area (Å²) < 4.78 is 5.44. The van der Waals surface area contributed by atoms with Gasteiger partial charge < -0.3 is 9.84 Å². The number of imide groups is 2. The molecule has 1 N–H and O–H groups in total. The molecule has 3 fully saturated rings. The SMILES string of the molecule is CCc1ccc(N2C(=O)C3CC=C4C(CC5C(=O)N(c6ccccc6)C(=O)C5(C)C4c4cccc(OC)c4O)C3C2=O)cc1. The molecule has 0 aromatic heterocycles. The number of phenols is 1. The fraction of sp³-hybridized carbons (Fsp3) is 0.333. The number of rotatable bonds is 5. The van der Waals surface area contributed by atoms with Crippen LogP contribution in [0.25, 0.3) is 0 Å². The Morgan fingerprint density at radius 3 is 2.23 bits per heavy atom. The van der Waals surface area contributed by atoms with Crippen molar-refractivity contribution < 1.29 is 29.0 Å². The number of phenolic OH excluding ortho intramolecular Hbond substituents is 1. The Hall–Kier alpha value is -4.72. The van der Waals surface area contributed by atoms with Crippen LogP contribution in [-0.2, 0) is 25.6 Å². The minimum absolute atomic E-state index is 0.103. The van der Waals surface area contributed by atoms with E-state index < -0.39 is 35.0 Å². The van der Waals surface area contributed by atoms with Gasteiger partial charge >= 0.3 is 0 Å². The summed E-state index contributed by atoms with van der Waals surface area (Å²) in [6.07, 6.45) is 3.40. The Bertz CT molecular complexity index is 1730. The average molecular weight is 591 g/mol. The molecule has 2 saturated heterocycles. The minimum atomic E-state index is -1.24. The summed E-state index contributed by atoms with van der Waals surface area (Å²) in [5.41, 5.74) is 2.16. The maximum atomic E-state index is 14.5. The number of para-hydroxylation sites is 2. The summed E-state index contributed by atoms with van der Waals surface area (Å²) in [4.78, 5) is 59.3. The van der Waals surface area contributed by atoms with E-state index in [9.17, 15) is 24.3 Å². The first-order chi connectivity index (χ1) is 21.2. The summed E-state index contributed by atoms with van der Waals surface area (Å²) in [6, 6.07) is 21.5. The van der Waals surface area contributed by atoms with Gasteiger partial charge in [0.05, 0.1) is 41.7 Å². The van der Waals surface area contributed by atoms with Crippen LogP contribution in [0.15, 0.2) is 84.4 Å². The lowest BCUT2D eigenvalue weighted by atomic mass is 9.51. The van der Waals surface area contributed by atoms with Crippen LogP contribution in [0.4, 0.5) is 11.4 Å². The van der Waals surface area contributed by atoms with Gasteiger partial charge in [0.1, 0.15) is 0 Å².